The van der Waals surface area contributed by atoms with Crippen LogP contribution in [-0.2, 0) is 0 Å². The van der Waals surface area contributed by atoms with E-state index in [1.165, 1.54) is 6.07 Å². The average Bonchev–Trinajstić information content (AvgIpc) is 2.83. The van der Waals surface area contributed by atoms with E-state index in [1.54, 1.807) is 12.3 Å². The molecule has 2 aromatic heterocycles. The molecule has 1 amide bonds. The molecule has 0 aliphatic carbocycles. The Kier molecular flexibility index (Phi) is 4.15. The fourth-order valence-electron chi connectivity index (χ4n) is 1.43. The summed E-state index contributed by atoms with van der Waals surface area (Å²) in [6, 6.07) is 1.45. The number of amides is 1. The van der Waals surface area contributed by atoms with Gasteiger partial charge in [0, 0.05) is 0 Å². The van der Waals surface area contributed by atoms with Crippen molar-refractivity contribution in [2.75, 3.05) is 5.32 Å². The molecule has 100 valence electrons. The molecule has 2 rings (SSSR count). The predicted molar refractivity (Wildman–Crippen MR) is 78.3 cm³/mol. The number of carboxylic acids is 1. The molecular weight excluding hydrogens is 329 g/mol. The summed E-state index contributed by atoms with van der Waals surface area (Å²) in [7, 11) is 0. The summed E-state index contributed by atoms with van der Waals surface area (Å²) in [5.74, 6) is -1.56. The normalized spacial score (nSPS) is 10.5. The zero-order valence-electron chi connectivity index (χ0n) is 9.49. The first kappa shape index (κ1) is 14.3. The molecule has 0 spiro atoms. The summed E-state index contributed by atoms with van der Waals surface area (Å²) >= 11 is 13.8. The Morgan fingerprint density at radius 2 is 2.05 bits per heavy atom. The molecule has 0 atom stereocenters. The van der Waals surface area contributed by atoms with Gasteiger partial charge in [0.05, 0.1) is 15.6 Å². The molecule has 8 heteroatoms. The number of anilines is 1. The molecule has 0 aliphatic heterocycles. The lowest BCUT2D eigenvalue weighted by molar-refractivity contribution is 0.0703. The molecule has 4 nitrogen and oxygen atoms in total. The van der Waals surface area contributed by atoms with Crippen molar-refractivity contribution < 1.29 is 14.7 Å². The molecule has 0 aromatic carbocycles. The number of hydrogen-bond donors (Lipinski definition) is 2. The minimum Gasteiger partial charge on any atom is -0.477 e. The van der Waals surface area contributed by atoms with Crippen molar-refractivity contribution in [1.29, 1.82) is 0 Å². The van der Waals surface area contributed by atoms with Gasteiger partial charge < -0.3 is 10.4 Å². The number of thiophene rings is 2. The van der Waals surface area contributed by atoms with Crippen LogP contribution in [-0.4, -0.2) is 17.0 Å². The smallest absolute Gasteiger partial charge is 0.348 e. The van der Waals surface area contributed by atoms with E-state index in [0.29, 0.717) is 15.6 Å². The van der Waals surface area contributed by atoms with Crippen LogP contribution in [0.2, 0.25) is 8.67 Å². The molecule has 0 radical (unpaired) electrons. The minimum absolute atomic E-state index is 0.0864. The Labute approximate surface area is 126 Å². The molecular formula is C11H7Cl2NO3S2. The van der Waals surface area contributed by atoms with E-state index < -0.39 is 11.9 Å². The lowest BCUT2D eigenvalue weighted by Gasteiger charge is -2.05. The van der Waals surface area contributed by atoms with Gasteiger partial charge in [-0.05, 0) is 23.9 Å². The first-order valence-electron chi connectivity index (χ1n) is 4.97. The molecule has 2 N–H and O–H groups in total. The van der Waals surface area contributed by atoms with Gasteiger partial charge in [-0.3, -0.25) is 4.79 Å². The van der Waals surface area contributed by atoms with Crippen LogP contribution in [0.15, 0.2) is 11.4 Å². The number of aryl methyl sites for hydroxylation is 1. The van der Waals surface area contributed by atoms with Gasteiger partial charge in [0.2, 0.25) is 0 Å². The number of carbonyl (C=O) groups is 2. The molecule has 0 fully saturated rings. The summed E-state index contributed by atoms with van der Waals surface area (Å²) in [6.07, 6.45) is 0. The van der Waals surface area contributed by atoms with Crippen molar-refractivity contribution in [3.8, 4) is 0 Å². The zero-order valence-corrected chi connectivity index (χ0v) is 12.6. The SMILES string of the molecule is Cc1csc(C(=O)O)c1NC(=O)c1cc(Cl)sc1Cl. The first-order valence-corrected chi connectivity index (χ1v) is 7.43. The number of hydrogen-bond acceptors (Lipinski definition) is 4. The Hall–Kier alpha value is -1.08. The Morgan fingerprint density at radius 1 is 1.37 bits per heavy atom. The fraction of sp³-hybridized carbons (Fsp3) is 0.0909. The number of nitrogens with one attached hydrogen (secondary N) is 1. The highest BCUT2D eigenvalue weighted by molar-refractivity contribution is 7.20. The lowest BCUT2D eigenvalue weighted by Crippen LogP contribution is -2.13. The number of halogens is 2. The van der Waals surface area contributed by atoms with Gasteiger partial charge in [0.15, 0.2) is 0 Å². The molecule has 2 heterocycles. The quantitative estimate of drug-likeness (QED) is 0.874. The second kappa shape index (κ2) is 5.50. The van der Waals surface area contributed by atoms with E-state index in [4.69, 9.17) is 28.3 Å². The van der Waals surface area contributed by atoms with Gasteiger partial charge in [-0.25, -0.2) is 4.79 Å². The second-order valence-electron chi connectivity index (χ2n) is 3.62. The third kappa shape index (κ3) is 2.92. The molecule has 0 unspecified atom stereocenters. The highest BCUT2D eigenvalue weighted by Gasteiger charge is 2.20. The van der Waals surface area contributed by atoms with Crippen LogP contribution in [0, 0.1) is 6.92 Å². The molecule has 2 aromatic rings. The number of carboxylic acid groups (broad SMARTS) is 1. The number of rotatable bonds is 3. The van der Waals surface area contributed by atoms with Crippen LogP contribution in [0.25, 0.3) is 0 Å². The Bertz CT molecular complexity index is 663. The largest absolute Gasteiger partial charge is 0.477 e. The first-order chi connectivity index (χ1) is 8.90. The maximum Gasteiger partial charge on any atom is 0.348 e. The number of aromatic carboxylic acids is 1. The van der Waals surface area contributed by atoms with Crippen LogP contribution < -0.4 is 5.32 Å². The molecule has 0 saturated carbocycles. The van der Waals surface area contributed by atoms with Crippen molar-refractivity contribution in [3.63, 3.8) is 0 Å². The van der Waals surface area contributed by atoms with Crippen molar-refractivity contribution in [3.05, 3.63) is 36.1 Å². The third-order valence-electron chi connectivity index (χ3n) is 2.31. The average molecular weight is 336 g/mol. The molecule has 0 aliphatic rings. The third-order valence-corrected chi connectivity index (χ3v) is 4.88. The topological polar surface area (TPSA) is 66.4 Å². The van der Waals surface area contributed by atoms with Gasteiger partial charge in [-0.2, -0.15) is 0 Å². The molecule has 0 bridgehead atoms. The molecule has 19 heavy (non-hydrogen) atoms. The van der Waals surface area contributed by atoms with Crippen molar-refractivity contribution in [1.82, 2.24) is 0 Å². The summed E-state index contributed by atoms with van der Waals surface area (Å²) in [6.45, 7) is 1.72. The van der Waals surface area contributed by atoms with E-state index in [9.17, 15) is 9.59 Å². The van der Waals surface area contributed by atoms with Crippen LogP contribution in [0.5, 0.6) is 0 Å². The lowest BCUT2D eigenvalue weighted by atomic mass is 10.2. The van der Waals surface area contributed by atoms with E-state index in [0.717, 1.165) is 22.7 Å². The van der Waals surface area contributed by atoms with Gasteiger partial charge in [0.25, 0.3) is 5.91 Å². The Balaban J connectivity index is 2.31. The van der Waals surface area contributed by atoms with Crippen LogP contribution in [0.3, 0.4) is 0 Å². The van der Waals surface area contributed by atoms with Crippen molar-refractivity contribution in [2.24, 2.45) is 0 Å². The second-order valence-corrected chi connectivity index (χ2v) is 6.79. The highest BCUT2D eigenvalue weighted by atomic mass is 35.5. The fourth-order valence-corrected chi connectivity index (χ4v) is 3.73. The van der Waals surface area contributed by atoms with Crippen LogP contribution in [0.4, 0.5) is 5.69 Å². The summed E-state index contributed by atoms with van der Waals surface area (Å²) < 4.78 is 0.669. The van der Waals surface area contributed by atoms with E-state index in [2.05, 4.69) is 5.32 Å². The maximum absolute atomic E-state index is 12.0. The summed E-state index contributed by atoms with van der Waals surface area (Å²) in [4.78, 5) is 23.2. The predicted octanol–water partition coefficient (Wildman–Crippen LogP) is 4.38. The van der Waals surface area contributed by atoms with E-state index >= 15 is 0 Å². The van der Waals surface area contributed by atoms with Crippen LogP contribution in [0.1, 0.15) is 25.6 Å². The Morgan fingerprint density at radius 3 is 2.58 bits per heavy atom. The van der Waals surface area contributed by atoms with Crippen LogP contribution >= 0.6 is 45.9 Å². The summed E-state index contributed by atoms with van der Waals surface area (Å²) in [5.41, 5.74) is 1.22. The van der Waals surface area contributed by atoms with Crippen molar-refractivity contribution >= 4 is 63.4 Å². The molecule has 0 saturated heterocycles. The van der Waals surface area contributed by atoms with Crippen molar-refractivity contribution in [2.45, 2.75) is 6.92 Å². The van der Waals surface area contributed by atoms with E-state index in [-0.39, 0.29) is 14.8 Å². The van der Waals surface area contributed by atoms with E-state index in [1.807, 2.05) is 0 Å². The highest BCUT2D eigenvalue weighted by Crippen LogP contribution is 2.33. The van der Waals surface area contributed by atoms with Gasteiger partial charge in [0.1, 0.15) is 9.21 Å². The zero-order chi connectivity index (χ0) is 14.2. The number of carbonyl (C=O) groups excluding carboxylic acids is 1. The van der Waals surface area contributed by atoms with Gasteiger partial charge in [-0.15, -0.1) is 22.7 Å². The standard InChI is InChI=1S/C11H7Cl2NO3S2/c1-4-3-18-8(11(16)17)7(4)14-10(15)5-2-6(12)19-9(5)13/h2-3H,1H3,(H,14,15)(H,16,17). The van der Waals surface area contributed by atoms with Gasteiger partial charge >= 0.3 is 5.97 Å². The minimum atomic E-state index is -1.08. The van der Waals surface area contributed by atoms with Gasteiger partial charge in [-0.1, -0.05) is 23.2 Å². The monoisotopic (exact) mass is 335 g/mol. The summed E-state index contributed by atoms with van der Waals surface area (Å²) in [5, 5.41) is 13.3. The maximum atomic E-state index is 12.0.